The monoisotopic (exact) mass is 346 g/mol. The van der Waals surface area contributed by atoms with Crippen LogP contribution in [-0.4, -0.2) is 26.9 Å². The molecule has 114 valence electrons. The van der Waals surface area contributed by atoms with Crippen molar-refractivity contribution in [1.82, 2.24) is 4.31 Å². The Morgan fingerprint density at radius 3 is 2.62 bits per heavy atom. The summed E-state index contributed by atoms with van der Waals surface area (Å²) in [6, 6.07) is 7.95. The first-order valence-corrected chi connectivity index (χ1v) is 8.62. The average Bonchev–Trinajstić information content (AvgIpc) is 2.84. The summed E-state index contributed by atoms with van der Waals surface area (Å²) < 4.78 is 32.0. The van der Waals surface area contributed by atoms with Crippen LogP contribution in [0.2, 0.25) is 4.34 Å². The zero-order valence-corrected chi connectivity index (χ0v) is 13.9. The van der Waals surface area contributed by atoms with E-state index in [1.54, 1.807) is 6.07 Å². The zero-order valence-electron chi connectivity index (χ0n) is 11.5. The number of methoxy groups -OCH3 is 1. The van der Waals surface area contributed by atoms with Crippen molar-refractivity contribution in [3.8, 4) is 5.75 Å². The molecule has 0 fully saturated rings. The van der Waals surface area contributed by atoms with Crippen LogP contribution >= 0.6 is 22.9 Å². The van der Waals surface area contributed by atoms with Gasteiger partial charge in [0.05, 0.1) is 22.0 Å². The fourth-order valence-corrected chi connectivity index (χ4v) is 4.16. The van der Waals surface area contributed by atoms with Crippen LogP contribution in [0.5, 0.6) is 5.75 Å². The summed E-state index contributed by atoms with van der Waals surface area (Å²) in [7, 11) is -0.652. The van der Waals surface area contributed by atoms with Crippen molar-refractivity contribution in [2.24, 2.45) is 0 Å². The third-order valence-electron chi connectivity index (χ3n) is 2.92. The van der Waals surface area contributed by atoms with Gasteiger partial charge in [0.15, 0.2) is 0 Å². The normalized spacial score (nSPS) is 11.8. The van der Waals surface area contributed by atoms with Gasteiger partial charge in [-0.1, -0.05) is 11.6 Å². The lowest BCUT2D eigenvalue weighted by Crippen LogP contribution is -2.26. The van der Waals surface area contributed by atoms with Gasteiger partial charge in [0.2, 0.25) is 10.0 Å². The van der Waals surface area contributed by atoms with Crippen LogP contribution in [0.25, 0.3) is 0 Å². The smallest absolute Gasteiger partial charge is 0.243 e. The Labute approximate surface area is 133 Å². The molecule has 0 spiro atoms. The fourth-order valence-electron chi connectivity index (χ4n) is 1.77. The minimum absolute atomic E-state index is 0.138. The summed E-state index contributed by atoms with van der Waals surface area (Å²) in [4.78, 5) is 1.01. The van der Waals surface area contributed by atoms with Crippen molar-refractivity contribution < 1.29 is 13.2 Å². The second kappa shape index (κ2) is 6.23. The van der Waals surface area contributed by atoms with Gasteiger partial charge in [-0.05, 0) is 24.3 Å². The van der Waals surface area contributed by atoms with Gasteiger partial charge in [0.1, 0.15) is 5.75 Å². The molecule has 5 nitrogen and oxygen atoms in total. The first-order valence-electron chi connectivity index (χ1n) is 5.98. The number of thiophene rings is 1. The number of nitrogen functional groups attached to an aromatic ring is 1. The van der Waals surface area contributed by atoms with Gasteiger partial charge in [0, 0.05) is 24.5 Å². The van der Waals surface area contributed by atoms with E-state index in [2.05, 4.69) is 0 Å². The number of anilines is 1. The van der Waals surface area contributed by atoms with Crippen LogP contribution in [0.3, 0.4) is 0 Å². The third kappa shape index (κ3) is 3.49. The van der Waals surface area contributed by atoms with Crippen LogP contribution in [0.1, 0.15) is 4.88 Å². The molecule has 0 amide bonds. The minimum atomic E-state index is -3.62. The molecule has 1 heterocycles. The first kappa shape index (κ1) is 16.1. The molecule has 2 rings (SSSR count). The summed E-state index contributed by atoms with van der Waals surface area (Å²) in [5.74, 6) is 0.337. The van der Waals surface area contributed by atoms with E-state index in [-0.39, 0.29) is 11.4 Å². The summed E-state index contributed by atoms with van der Waals surface area (Å²) in [5.41, 5.74) is 6.09. The number of ether oxygens (including phenoxy) is 1. The van der Waals surface area contributed by atoms with Crippen LogP contribution in [0, 0.1) is 0 Å². The molecule has 0 atom stereocenters. The Bertz CT molecular complexity index is 744. The van der Waals surface area contributed by atoms with Crippen LogP contribution < -0.4 is 10.5 Å². The quantitative estimate of drug-likeness (QED) is 0.845. The molecular weight excluding hydrogens is 332 g/mol. The Kier molecular flexibility index (Phi) is 4.77. The van der Waals surface area contributed by atoms with Crippen molar-refractivity contribution in [3.63, 3.8) is 0 Å². The highest BCUT2D eigenvalue weighted by atomic mass is 35.5. The summed E-state index contributed by atoms with van der Waals surface area (Å²) >= 11 is 7.20. The van der Waals surface area contributed by atoms with Gasteiger partial charge in [-0.2, -0.15) is 4.31 Å². The molecule has 0 aliphatic rings. The van der Waals surface area contributed by atoms with Gasteiger partial charge in [-0.25, -0.2) is 8.42 Å². The van der Waals surface area contributed by atoms with E-state index < -0.39 is 10.0 Å². The Balaban J connectivity index is 2.28. The zero-order chi connectivity index (χ0) is 15.6. The molecule has 0 bridgehead atoms. The van der Waals surface area contributed by atoms with Gasteiger partial charge in [-0.15, -0.1) is 11.3 Å². The molecule has 0 radical (unpaired) electrons. The number of nitrogens with zero attached hydrogens (tertiary/aromatic N) is 1. The number of hydrogen-bond donors (Lipinski definition) is 1. The standard InChI is InChI=1S/C13H15ClN2O3S2/c1-16(8-9-3-6-13(14)20-9)21(17,18)10-4-5-11(15)12(7-10)19-2/h3-7H,8,15H2,1-2H3. The van der Waals surface area contributed by atoms with Crippen molar-refractivity contribution in [2.75, 3.05) is 19.9 Å². The SMILES string of the molecule is COc1cc(S(=O)(=O)N(C)Cc2ccc(Cl)s2)ccc1N. The molecule has 0 saturated carbocycles. The second-order valence-corrected chi connectivity index (χ2v) is 8.22. The molecule has 8 heteroatoms. The van der Waals surface area contributed by atoms with Gasteiger partial charge in [0.25, 0.3) is 0 Å². The largest absolute Gasteiger partial charge is 0.495 e. The molecule has 21 heavy (non-hydrogen) atoms. The second-order valence-electron chi connectivity index (χ2n) is 4.37. The lowest BCUT2D eigenvalue weighted by molar-refractivity contribution is 0.415. The predicted octanol–water partition coefficient (Wildman–Crippen LogP) is 2.81. The van der Waals surface area contributed by atoms with E-state index in [1.807, 2.05) is 6.07 Å². The van der Waals surface area contributed by atoms with Crippen LogP contribution in [0.4, 0.5) is 5.69 Å². The van der Waals surface area contributed by atoms with Crippen LogP contribution in [-0.2, 0) is 16.6 Å². The maximum Gasteiger partial charge on any atom is 0.243 e. The molecule has 0 saturated heterocycles. The molecule has 0 aliphatic heterocycles. The lowest BCUT2D eigenvalue weighted by Gasteiger charge is -2.17. The van der Waals surface area contributed by atoms with Crippen LogP contribution in [0.15, 0.2) is 35.2 Å². The van der Waals surface area contributed by atoms with Gasteiger partial charge < -0.3 is 10.5 Å². The number of sulfonamides is 1. The molecule has 0 aliphatic carbocycles. The number of nitrogens with two attached hydrogens (primary N) is 1. The fraction of sp³-hybridized carbons (Fsp3) is 0.231. The maximum absolute atomic E-state index is 12.5. The topological polar surface area (TPSA) is 72.6 Å². The Morgan fingerprint density at radius 1 is 1.33 bits per heavy atom. The number of rotatable bonds is 5. The minimum Gasteiger partial charge on any atom is -0.495 e. The molecule has 1 aromatic carbocycles. The summed E-state index contributed by atoms with van der Waals surface area (Å²) in [5, 5.41) is 0. The number of halogens is 1. The van der Waals surface area contributed by atoms with E-state index in [0.717, 1.165) is 4.88 Å². The number of hydrogen-bond acceptors (Lipinski definition) is 5. The lowest BCUT2D eigenvalue weighted by atomic mass is 10.3. The van der Waals surface area contributed by atoms with E-state index in [1.165, 1.54) is 48.0 Å². The van der Waals surface area contributed by atoms with E-state index in [9.17, 15) is 8.42 Å². The predicted molar refractivity (Wildman–Crippen MR) is 85.4 cm³/mol. The van der Waals surface area contributed by atoms with Crippen molar-refractivity contribution in [1.29, 1.82) is 0 Å². The third-order valence-corrected chi connectivity index (χ3v) is 5.94. The summed E-state index contributed by atoms with van der Waals surface area (Å²) in [6.45, 7) is 0.256. The molecule has 2 N–H and O–H groups in total. The highest BCUT2D eigenvalue weighted by Crippen LogP contribution is 2.28. The van der Waals surface area contributed by atoms with E-state index in [4.69, 9.17) is 22.1 Å². The maximum atomic E-state index is 12.5. The average molecular weight is 347 g/mol. The molecule has 0 unspecified atom stereocenters. The Morgan fingerprint density at radius 2 is 2.05 bits per heavy atom. The first-order chi connectivity index (χ1) is 9.84. The highest BCUT2D eigenvalue weighted by molar-refractivity contribution is 7.89. The van der Waals surface area contributed by atoms with Crippen molar-refractivity contribution in [2.45, 2.75) is 11.4 Å². The van der Waals surface area contributed by atoms with Crippen molar-refractivity contribution >= 4 is 38.6 Å². The van der Waals surface area contributed by atoms with E-state index >= 15 is 0 Å². The van der Waals surface area contributed by atoms with Gasteiger partial charge >= 0.3 is 0 Å². The van der Waals surface area contributed by atoms with Crippen molar-refractivity contribution in [3.05, 3.63) is 39.5 Å². The van der Waals surface area contributed by atoms with E-state index in [0.29, 0.717) is 15.8 Å². The molecule has 2 aromatic rings. The summed E-state index contributed by atoms with van der Waals surface area (Å²) in [6.07, 6.45) is 0. The Hall–Kier alpha value is -1.28. The molecule has 1 aromatic heterocycles. The van der Waals surface area contributed by atoms with Gasteiger partial charge in [-0.3, -0.25) is 0 Å². The number of benzene rings is 1. The highest BCUT2D eigenvalue weighted by Gasteiger charge is 2.22. The molecular formula is C13H15ClN2O3S2.